The van der Waals surface area contributed by atoms with E-state index in [0.717, 1.165) is 44.9 Å². The average Bonchev–Trinajstić information content (AvgIpc) is 1.12. The number of carbonyl (C=O) groups is 8. The van der Waals surface area contributed by atoms with Crippen molar-refractivity contribution in [1.82, 2.24) is 20.9 Å². The summed E-state index contributed by atoms with van der Waals surface area (Å²) in [6, 6.07) is -0.119. The summed E-state index contributed by atoms with van der Waals surface area (Å²) >= 11 is 0. The molecule has 4 aliphatic heterocycles. The molecule has 4 amide bonds. The zero-order valence-electron chi connectivity index (χ0n) is 69.0. The van der Waals surface area contributed by atoms with E-state index >= 15 is 0 Å². The summed E-state index contributed by atoms with van der Waals surface area (Å²) in [6.07, 6.45) is 4.82. The molecule has 0 saturated carbocycles. The van der Waals surface area contributed by atoms with Gasteiger partial charge < -0.3 is 119 Å². The number of ketones is 4. The van der Waals surface area contributed by atoms with Crippen LogP contribution in [0.3, 0.4) is 0 Å². The molecule has 0 radical (unpaired) electrons. The van der Waals surface area contributed by atoms with Gasteiger partial charge in [0.15, 0.2) is 18.9 Å². The standard InChI is InChI=1S/C82H146N4O28/c1-56(2)111-52-60-47-65(94)48-86(60)72(98)35-19-11-9-7-6-8-10-18-34-71(97)85-82(53-105-44-36-63(92)29-16-12-14-27-61(90)31-20-23-41-108-79-57(3)73(99)76(102)66(49-87)112-79,54-106-45-37-64(93)30-17-13-15-28-62(91)32-21-24-42-109-80-58(4)74(100)77(103)67(50-88)113-80)55-107-46-38-70(96)84-40-26-39-83-69(95)33-22-25-43-110-81-59(5)75(101)78(104)68(51-89)114-81/h56-60,65-68,73-81,87-89,94,99-104H,6-55H2,1-5H3,(H,83,95)(H,84,96)(H,85,97)/t57?,58?,59?,60-,65+,66?,67?,68?,73?,74?,75?,76?,77?,78?,79?,80?,81?,82?/m0/s1. The number of β-amino-alcohol motifs (C(OH)–C–C–N with tert-alkyl or cyclic N) is 1. The number of nitrogens with one attached hydrogen (secondary N) is 3. The number of ether oxygens (including phenoxy) is 10. The van der Waals surface area contributed by atoms with E-state index < -0.39 is 123 Å². The smallest absolute Gasteiger partial charge is 0.222 e. The van der Waals surface area contributed by atoms with Gasteiger partial charge in [0.1, 0.15) is 65.3 Å². The van der Waals surface area contributed by atoms with Gasteiger partial charge in [-0.05, 0) is 104 Å². The van der Waals surface area contributed by atoms with Crippen LogP contribution in [-0.4, -0.2) is 306 Å². The minimum absolute atomic E-state index is 0.00334. The summed E-state index contributed by atoms with van der Waals surface area (Å²) in [5, 5.41) is 109. The molecule has 15 unspecified atom stereocenters. The maximum Gasteiger partial charge on any atom is 0.222 e. The van der Waals surface area contributed by atoms with Gasteiger partial charge >= 0.3 is 0 Å². The number of carbonyl (C=O) groups excluding carboxylic acids is 8. The maximum absolute atomic E-state index is 14.1. The molecule has 4 rings (SSSR count). The van der Waals surface area contributed by atoms with Crippen molar-refractivity contribution >= 4 is 46.8 Å². The molecule has 32 heteroatoms. The fourth-order valence-electron chi connectivity index (χ4n) is 14.3. The number of hydrogen-bond acceptors (Lipinski definition) is 28. The Bertz CT molecular complexity index is 2450. The maximum atomic E-state index is 14.1. The quantitative estimate of drug-likeness (QED) is 0.0384. The average molecular weight is 1640 g/mol. The molecule has 4 fully saturated rings. The first-order valence-electron chi connectivity index (χ1n) is 42.7. The highest BCUT2D eigenvalue weighted by molar-refractivity contribution is 5.80. The van der Waals surface area contributed by atoms with Crippen molar-refractivity contribution in [3.05, 3.63) is 0 Å². The highest BCUT2D eigenvalue weighted by Gasteiger charge is 2.45. The number of aliphatic hydroxyl groups excluding tert-OH is 10. The third-order valence-electron chi connectivity index (χ3n) is 21.7. The number of likely N-dealkylation sites (tertiary alicyclic amines) is 1. The first-order valence-corrected chi connectivity index (χ1v) is 42.7. The number of nitrogens with zero attached hydrogens (tertiary/aromatic N) is 1. The summed E-state index contributed by atoms with van der Waals surface area (Å²) in [4.78, 5) is 107. The lowest BCUT2D eigenvalue weighted by Gasteiger charge is -2.40. The Morgan fingerprint density at radius 3 is 1.11 bits per heavy atom. The molecule has 4 saturated heterocycles. The molecule has 13 N–H and O–H groups in total. The minimum atomic E-state index is -1.33. The van der Waals surface area contributed by atoms with Gasteiger partial charge in [0, 0.05) is 134 Å². The van der Waals surface area contributed by atoms with Crippen molar-refractivity contribution < 1.29 is 137 Å². The fourth-order valence-corrected chi connectivity index (χ4v) is 14.3. The van der Waals surface area contributed by atoms with E-state index in [2.05, 4.69) is 16.0 Å². The van der Waals surface area contributed by atoms with Crippen molar-refractivity contribution in [3.63, 3.8) is 0 Å². The molecular weight excluding hydrogens is 1490 g/mol. The first-order chi connectivity index (χ1) is 54.7. The van der Waals surface area contributed by atoms with Crippen molar-refractivity contribution in [2.24, 2.45) is 17.8 Å². The Balaban J connectivity index is 1.27. The second-order valence-corrected chi connectivity index (χ2v) is 32.0. The highest BCUT2D eigenvalue weighted by atomic mass is 16.7. The second-order valence-electron chi connectivity index (χ2n) is 32.0. The SMILES string of the molecule is CC(C)OC[C@@H]1C[C@@H](O)CN1C(=O)CCCCCCCCCCC(=O)NC(COCCC(=O)CCCCCC(=O)CCCCOC1OC(CO)C(O)C(O)C1C)(COCCC(=O)CCCCCC(=O)CCCCOC1OC(CO)C(O)C(O)C1C)COCCC(=O)NCCCNC(=O)CCCCOC1OC(CO)C(O)C(O)C1C. The Labute approximate surface area is 675 Å². The Hall–Kier alpha value is -4.24. The number of amides is 4. The lowest BCUT2D eigenvalue weighted by Crippen LogP contribution is -2.58. The largest absolute Gasteiger partial charge is 0.394 e. The van der Waals surface area contributed by atoms with Gasteiger partial charge in [0.2, 0.25) is 23.6 Å². The van der Waals surface area contributed by atoms with Crippen LogP contribution in [0.4, 0.5) is 0 Å². The molecule has 4 aliphatic rings. The van der Waals surface area contributed by atoms with Crippen LogP contribution >= 0.6 is 0 Å². The normalized spacial score (nSPS) is 26.4. The van der Waals surface area contributed by atoms with E-state index in [1.54, 1.807) is 25.7 Å². The molecule has 0 aromatic rings. The van der Waals surface area contributed by atoms with Crippen LogP contribution in [0.5, 0.6) is 0 Å². The van der Waals surface area contributed by atoms with E-state index in [1.807, 2.05) is 13.8 Å². The van der Waals surface area contributed by atoms with Crippen LogP contribution in [0.25, 0.3) is 0 Å². The second kappa shape index (κ2) is 59.4. The van der Waals surface area contributed by atoms with Gasteiger partial charge in [0.05, 0.1) is 103 Å². The van der Waals surface area contributed by atoms with Gasteiger partial charge in [-0.2, -0.15) is 0 Å². The van der Waals surface area contributed by atoms with E-state index in [4.69, 9.17) is 47.4 Å². The van der Waals surface area contributed by atoms with Gasteiger partial charge in [-0.1, -0.05) is 72.1 Å². The summed E-state index contributed by atoms with van der Waals surface area (Å²) in [6.45, 7) is 9.11. The lowest BCUT2D eigenvalue weighted by atomic mass is 9.92. The van der Waals surface area contributed by atoms with Crippen LogP contribution in [-0.2, 0) is 85.7 Å². The molecule has 0 aliphatic carbocycles. The van der Waals surface area contributed by atoms with Crippen LogP contribution < -0.4 is 16.0 Å². The van der Waals surface area contributed by atoms with Crippen molar-refractivity contribution in [3.8, 4) is 0 Å². The van der Waals surface area contributed by atoms with Crippen LogP contribution in [0.15, 0.2) is 0 Å². The number of aliphatic hydroxyl groups is 10. The molecule has 114 heavy (non-hydrogen) atoms. The summed E-state index contributed by atoms with van der Waals surface area (Å²) in [5.74, 6) is -2.21. The monoisotopic (exact) mass is 1640 g/mol. The van der Waals surface area contributed by atoms with Crippen LogP contribution in [0.1, 0.15) is 253 Å². The van der Waals surface area contributed by atoms with E-state index in [1.165, 1.54) is 0 Å². The van der Waals surface area contributed by atoms with Crippen LogP contribution in [0, 0.1) is 17.8 Å². The number of rotatable bonds is 67. The van der Waals surface area contributed by atoms with Crippen molar-refractivity contribution in [2.75, 3.05) is 106 Å². The van der Waals surface area contributed by atoms with E-state index in [-0.39, 0.29) is 170 Å². The zero-order valence-corrected chi connectivity index (χ0v) is 69.0. The summed E-state index contributed by atoms with van der Waals surface area (Å²) in [7, 11) is 0. The lowest BCUT2D eigenvalue weighted by molar-refractivity contribution is -0.282. The zero-order chi connectivity index (χ0) is 83.6. The molecule has 0 aromatic carbocycles. The molecule has 0 aromatic heterocycles. The highest BCUT2D eigenvalue weighted by Crippen LogP contribution is 2.31. The van der Waals surface area contributed by atoms with Crippen LogP contribution in [0.2, 0.25) is 0 Å². The fraction of sp³-hybridized carbons (Fsp3) is 0.902. The Morgan fingerprint density at radius 1 is 0.395 bits per heavy atom. The van der Waals surface area contributed by atoms with E-state index in [0.29, 0.717) is 148 Å². The molecule has 32 nitrogen and oxygen atoms in total. The molecular formula is C82H146N4O28. The topological polar surface area (TPSA) is 470 Å². The third-order valence-corrected chi connectivity index (χ3v) is 21.7. The number of unbranched alkanes of at least 4 members (excludes halogenated alkanes) is 14. The predicted molar refractivity (Wildman–Crippen MR) is 418 cm³/mol. The van der Waals surface area contributed by atoms with Gasteiger partial charge in [-0.25, -0.2) is 0 Å². The Morgan fingerprint density at radius 2 is 0.719 bits per heavy atom. The van der Waals surface area contributed by atoms with Gasteiger partial charge in [-0.15, -0.1) is 0 Å². The molecule has 0 bridgehead atoms. The third kappa shape index (κ3) is 41.2. The summed E-state index contributed by atoms with van der Waals surface area (Å²) < 4.78 is 58.4. The summed E-state index contributed by atoms with van der Waals surface area (Å²) in [5.41, 5.74) is -1.33. The van der Waals surface area contributed by atoms with Crippen molar-refractivity contribution in [2.45, 2.75) is 351 Å². The van der Waals surface area contributed by atoms with Gasteiger partial charge in [0.25, 0.3) is 0 Å². The minimum Gasteiger partial charge on any atom is -0.394 e. The predicted octanol–water partition coefficient (Wildman–Crippen LogP) is 3.94. The number of hydrogen-bond donors (Lipinski definition) is 13. The molecule has 0 spiro atoms. The Kier molecular flexibility index (Phi) is 53.2. The molecule has 4 heterocycles. The van der Waals surface area contributed by atoms with E-state index in [9.17, 15) is 89.4 Å². The molecule has 662 valence electrons. The number of Topliss-reactive ketones (excluding diaryl/α,β-unsaturated/α-hetero) is 4. The molecule has 17 atom stereocenters. The first kappa shape index (κ1) is 102. The van der Waals surface area contributed by atoms with Crippen molar-refractivity contribution in [1.29, 1.82) is 0 Å². The van der Waals surface area contributed by atoms with Gasteiger partial charge in [-0.3, -0.25) is 38.4 Å².